The Morgan fingerprint density at radius 3 is 2.78 bits per heavy atom. The molecule has 1 unspecified atom stereocenters. The van der Waals surface area contributed by atoms with Gasteiger partial charge in [0.1, 0.15) is 5.00 Å². The number of thiophene rings is 1. The van der Waals surface area contributed by atoms with Crippen LogP contribution in [0, 0.1) is 0 Å². The summed E-state index contributed by atoms with van der Waals surface area (Å²) in [5, 5.41) is 5.67. The highest BCUT2D eigenvalue weighted by molar-refractivity contribution is 8.00. The molecule has 2 N–H and O–H groups in total. The molecule has 1 aliphatic rings. The maximum absolute atomic E-state index is 12.8. The zero-order valence-corrected chi connectivity index (χ0v) is 17.1. The first kappa shape index (κ1) is 19.7. The number of aromatic nitrogens is 2. The molecule has 3 rings (SSSR count). The van der Waals surface area contributed by atoms with Crippen LogP contribution >= 0.6 is 23.1 Å². The average molecular weight is 413 g/mol. The van der Waals surface area contributed by atoms with E-state index in [0.717, 1.165) is 47.9 Å². The Hall–Kier alpha value is -2.07. The van der Waals surface area contributed by atoms with Gasteiger partial charge in [0.15, 0.2) is 7.05 Å². The predicted molar refractivity (Wildman–Crippen MR) is 101 cm³/mol. The lowest BCUT2D eigenvalue weighted by Crippen LogP contribution is -2.35. The van der Waals surface area contributed by atoms with E-state index in [1.54, 1.807) is 7.05 Å². The molecular weight excluding hydrogens is 390 g/mol. The fourth-order valence-corrected chi connectivity index (χ4v) is 5.30. The number of H-pyrrole nitrogens is 1. The molecule has 27 heavy (non-hydrogen) atoms. The van der Waals surface area contributed by atoms with Crippen molar-refractivity contribution in [1.82, 2.24) is 5.27 Å². The number of thioether (sulfide) groups is 1. The maximum atomic E-state index is 12.8. The molecule has 0 bridgehead atoms. The van der Waals surface area contributed by atoms with Crippen LogP contribution in [-0.4, -0.2) is 29.5 Å². The molecule has 0 aromatic carbocycles. The second-order valence-corrected chi connectivity index (χ2v) is 8.55. The standard InChI is InChI=1S/C17H21N3O5S2/c1-4-10(27-15-17(23)25-19-20(15)2)13(21)18-14-12(16(22)24-3)9-7-5-6-8-11(9)26-14/h10H,4-8H2,1-3H3,(H-,18,19,21,22,23)/p+1. The predicted octanol–water partition coefficient (Wildman–Crippen LogP) is 2.03. The van der Waals surface area contributed by atoms with Gasteiger partial charge in [-0.2, -0.15) is 0 Å². The molecule has 0 saturated carbocycles. The molecule has 1 amide bonds. The molecule has 1 aliphatic carbocycles. The number of esters is 1. The Kier molecular flexibility index (Phi) is 6.05. The zero-order chi connectivity index (χ0) is 19.6. The monoisotopic (exact) mass is 412 g/mol. The van der Waals surface area contributed by atoms with E-state index in [0.29, 0.717) is 22.0 Å². The highest BCUT2D eigenvalue weighted by Crippen LogP contribution is 2.39. The second-order valence-electron chi connectivity index (χ2n) is 6.26. The van der Waals surface area contributed by atoms with Gasteiger partial charge in [0.05, 0.1) is 17.9 Å². The van der Waals surface area contributed by atoms with Gasteiger partial charge in [0.2, 0.25) is 5.91 Å². The SMILES string of the molecule is CCC(Sc1c(=O)o[nH][n+]1C)C(=O)Nc1sc2c(c1C(=O)OC)CCCC2. The number of rotatable bonds is 6. The van der Waals surface area contributed by atoms with Crippen molar-refractivity contribution >= 4 is 40.0 Å². The molecule has 8 nitrogen and oxygen atoms in total. The average Bonchev–Trinajstić information content (AvgIpc) is 3.18. The summed E-state index contributed by atoms with van der Waals surface area (Å²) in [6.07, 6.45) is 4.34. The minimum absolute atomic E-state index is 0.258. The number of hydrogen-bond donors (Lipinski definition) is 2. The molecule has 0 aliphatic heterocycles. The Morgan fingerprint density at radius 2 is 2.15 bits per heavy atom. The lowest BCUT2D eigenvalue weighted by molar-refractivity contribution is -0.772. The number of amides is 1. The van der Waals surface area contributed by atoms with E-state index in [-0.39, 0.29) is 5.91 Å². The summed E-state index contributed by atoms with van der Waals surface area (Å²) in [6.45, 7) is 1.87. The molecule has 1 atom stereocenters. The summed E-state index contributed by atoms with van der Waals surface area (Å²) in [4.78, 5) is 38.0. The van der Waals surface area contributed by atoms with Gasteiger partial charge in [0, 0.05) is 4.88 Å². The quantitative estimate of drug-likeness (QED) is 0.427. The first-order valence-electron chi connectivity index (χ1n) is 8.74. The number of carbonyl (C=O) groups is 2. The van der Waals surface area contributed by atoms with Crippen LogP contribution in [-0.2, 0) is 29.4 Å². The maximum Gasteiger partial charge on any atom is 0.441 e. The first-order valence-corrected chi connectivity index (χ1v) is 10.4. The van der Waals surface area contributed by atoms with Gasteiger partial charge in [-0.05, 0) is 54.7 Å². The Labute approximate surface area is 164 Å². The van der Waals surface area contributed by atoms with Gasteiger partial charge in [-0.15, -0.1) is 11.3 Å². The molecule has 0 saturated heterocycles. The minimum atomic E-state index is -0.518. The third-order valence-corrected chi connectivity index (χ3v) is 7.17. The minimum Gasteiger partial charge on any atom is -0.465 e. The van der Waals surface area contributed by atoms with Crippen molar-refractivity contribution < 1.29 is 23.5 Å². The van der Waals surface area contributed by atoms with E-state index in [9.17, 15) is 14.4 Å². The van der Waals surface area contributed by atoms with Gasteiger partial charge < -0.3 is 10.1 Å². The van der Waals surface area contributed by atoms with Crippen LogP contribution < -0.4 is 15.6 Å². The van der Waals surface area contributed by atoms with E-state index in [1.165, 1.54) is 23.1 Å². The third kappa shape index (κ3) is 3.96. The number of nitrogens with one attached hydrogen (secondary N) is 2. The number of methoxy groups -OCH3 is 1. The first-order chi connectivity index (χ1) is 13.0. The molecule has 146 valence electrons. The zero-order valence-electron chi connectivity index (χ0n) is 15.4. The fraction of sp³-hybridized carbons (Fsp3) is 0.529. The Balaban J connectivity index is 1.85. The highest BCUT2D eigenvalue weighted by Gasteiger charge is 2.31. The number of aryl methyl sites for hydroxylation is 2. The van der Waals surface area contributed by atoms with Crippen LogP contribution in [0.15, 0.2) is 14.3 Å². The molecule has 10 heteroatoms. The van der Waals surface area contributed by atoms with E-state index in [2.05, 4.69) is 10.6 Å². The number of nitrogens with zero attached hydrogens (tertiary/aromatic N) is 1. The lowest BCUT2D eigenvalue weighted by atomic mass is 9.95. The molecule has 0 radical (unpaired) electrons. The van der Waals surface area contributed by atoms with Crippen molar-refractivity contribution in [3.63, 3.8) is 0 Å². The molecule has 2 heterocycles. The summed E-state index contributed by atoms with van der Waals surface area (Å²) in [5.74, 6) is -0.685. The van der Waals surface area contributed by atoms with Gasteiger partial charge in [0.25, 0.3) is 0 Å². The molecule has 2 aromatic rings. The van der Waals surface area contributed by atoms with Gasteiger partial charge in [-0.25, -0.2) is 9.59 Å². The number of carbonyl (C=O) groups excluding carboxylic acids is 2. The third-order valence-electron chi connectivity index (χ3n) is 4.47. The van der Waals surface area contributed by atoms with E-state index >= 15 is 0 Å². The lowest BCUT2D eigenvalue weighted by Gasteiger charge is -2.13. The van der Waals surface area contributed by atoms with Gasteiger partial charge >= 0.3 is 16.6 Å². The number of ether oxygens (including phenoxy) is 1. The molecule has 0 fully saturated rings. The topological polar surface area (TPSA) is 105 Å². The van der Waals surface area contributed by atoms with Crippen molar-refractivity contribution in [3.8, 4) is 0 Å². The fourth-order valence-electron chi connectivity index (χ4n) is 3.08. The van der Waals surface area contributed by atoms with Crippen molar-refractivity contribution in [2.24, 2.45) is 7.05 Å². The Bertz CT molecular complexity index is 914. The van der Waals surface area contributed by atoms with Crippen LogP contribution in [0.5, 0.6) is 0 Å². The molecular formula is C17H22N3O5S2+. The number of anilines is 1. The smallest absolute Gasteiger partial charge is 0.441 e. The van der Waals surface area contributed by atoms with Crippen LogP contribution in [0.25, 0.3) is 0 Å². The highest BCUT2D eigenvalue weighted by atomic mass is 32.2. The van der Waals surface area contributed by atoms with Crippen LogP contribution in [0.2, 0.25) is 0 Å². The summed E-state index contributed by atoms with van der Waals surface area (Å²) < 4.78 is 11.1. The second kappa shape index (κ2) is 8.30. The molecule has 2 aromatic heterocycles. The number of aromatic amines is 1. The summed E-state index contributed by atoms with van der Waals surface area (Å²) in [5.41, 5.74) is 0.944. The van der Waals surface area contributed by atoms with Gasteiger partial charge in [-0.1, -0.05) is 11.6 Å². The van der Waals surface area contributed by atoms with E-state index in [1.807, 2.05) is 6.92 Å². The van der Waals surface area contributed by atoms with E-state index < -0.39 is 16.8 Å². The summed E-state index contributed by atoms with van der Waals surface area (Å²) in [7, 11) is 2.98. The molecule has 0 spiro atoms. The summed E-state index contributed by atoms with van der Waals surface area (Å²) >= 11 is 2.58. The van der Waals surface area contributed by atoms with Crippen LogP contribution in [0.3, 0.4) is 0 Å². The van der Waals surface area contributed by atoms with Crippen LogP contribution in [0.1, 0.15) is 47.0 Å². The van der Waals surface area contributed by atoms with Gasteiger partial charge in [-0.3, -0.25) is 9.32 Å². The largest absolute Gasteiger partial charge is 0.465 e. The Morgan fingerprint density at radius 1 is 1.41 bits per heavy atom. The van der Waals surface area contributed by atoms with Crippen molar-refractivity contribution in [2.45, 2.75) is 49.3 Å². The van der Waals surface area contributed by atoms with Crippen molar-refractivity contribution in [2.75, 3.05) is 12.4 Å². The normalized spacial score (nSPS) is 14.5. The number of hydrogen-bond acceptors (Lipinski definition) is 7. The summed E-state index contributed by atoms with van der Waals surface area (Å²) in [6, 6.07) is 0. The van der Waals surface area contributed by atoms with Crippen LogP contribution in [0.4, 0.5) is 5.00 Å². The van der Waals surface area contributed by atoms with Crippen molar-refractivity contribution in [3.05, 3.63) is 26.4 Å². The number of fused-ring (bicyclic) bond motifs is 1. The van der Waals surface area contributed by atoms with E-state index in [4.69, 9.17) is 9.26 Å². The van der Waals surface area contributed by atoms with Crippen molar-refractivity contribution in [1.29, 1.82) is 0 Å².